The van der Waals surface area contributed by atoms with Crippen LogP contribution in [-0.2, 0) is 0 Å². The number of aromatic nitrogens is 2. The first-order valence-corrected chi connectivity index (χ1v) is 11.2. The maximum absolute atomic E-state index is 12.1. The van der Waals surface area contributed by atoms with Gasteiger partial charge in [-0.1, -0.05) is 63.0 Å². The van der Waals surface area contributed by atoms with Gasteiger partial charge in [0.15, 0.2) is 28.4 Å². The number of nitrogens with zero attached hydrogens (tertiary/aromatic N) is 2. The Balaban J connectivity index is 2.00. The van der Waals surface area contributed by atoms with Gasteiger partial charge in [0.05, 0.1) is 5.84 Å². The number of hydrogen-bond acceptors (Lipinski definition) is 7. The van der Waals surface area contributed by atoms with Gasteiger partial charge in [0.1, 0.15) is 0 Å². The monoisotopic (exact) mass is 453 g/mol. The van der Waals surface area contributed by atoms with E-state index < -0.39 is 5.91 Å². The highest BCUT2D eigenvalue weighted by molar-refractivity contribution is 6.31. The molecule has 0 unspecified atom stereocenters. The van der Waals surface area contributed by atoms with Crippen molar-refractivity contribution in [2.24, 2.45) is 0 Å². The molecule has 9 N–H and O–H groups in total. The molecule has 1 aromatic heterocycles. The van der Waals surface area contributed by atoms with E-state index in [1.54, 1.807) is 6.92 Å². The van der Waals surface area contributed by atoms with E-state index >= 15 is 0 Å². The van der Waals surface area contributed by atoms with Crippen molar-refractivity contribution in [2.45, 2.75) is 71.1 Å². The summed E-state index contributed by atoms with van der Waals surface area (Å²) >= 11 is 5.76. The molecule has 0 aliphatic carbocycles. The molecule has 0 atom stereocenters. The third-order valence-electron chi connectivity index (χ3n) is 4.65. The number of anilines is 2. The van der Waals surface area contributed by atoms with Crippen LogP contribution in [0.5, 0.6) is 0 Å². The van der Waals surface area contributed by atoms with E-state index in [1.165, 1.54) is 44.9 Å². The predicted octanol–water partition coefficient (Wildman–Crippen LogP) is 3.04. The third kappa shape index (κ3) is 12.0. The molecule has 1 heterocycles. The average Bonchev–Trinajstić information content (AvgIpc) is 2.70. The number of hydrogen-bond donors (Lipinski definition) is 7. The zero-order valence-corrected chi connectivity index (χ0v) is 19.1. The molecule has 0 saturated heterocycles. The molecule has 1 amide bonds. The number of carbonyl (C=O) groups is 1. The van der Waals surface area contributed by atoms with Gasteiger partial charge in [-0.25, -0.2) is 9.97 Å². The molecule has 1 rings (SSSR count). The highest BCUT2D eigenvalue weighted by atomic mass is 35.5. The summed E-state index contributed by atoms with van der Waals surface area (Å²) in [5.41, 5.74) is 10.9. The molecule has 11 heteroatoms. The summed E-state index contributed by atoms with van der Waals surface area (Å²) in [5.74, 6) is -0.426. The first kappa shape index (κ1) is 26.4. The van der Waals surface area contributed by atoms with Gasteiger partial charge in [0.25, 0.3) is 5.91 Å². The van der Waals surface area contributed by atoms with Crippen LogP contribution in [-0.4, -0.2) is 40.8 Å². The number of amides is 1. The number of unbranched alkanes of at least 4 members (excludes halogenated alkanes) is 9. The van der Waals surface area contributed by atoms with Crippen molar-refractivity contribution in [1.82, 2.24) is 25.9 Å². The van der Waals surface area contributed by atoms with Crippen LogP contribution in [0.1, 0.15) is 81.6 Å². The second-order valence-corrected chi connectivity index (χ2v) is 7.83. The van der Waals surface area contributed by atoms with Crippen molar-refractivity contribution < 1.29 is 4.79 Å². The minimum Gasteiger partial charge on any atom is -0.382 e. The first-order chi connectivity index (χ1) is 14.8. The molecule has 0 saturated carbocycles. The Bertz CT molecular complexity index is 727. The fraction of sp³-hybridized carbons (Fsp3) is 0.650. The largest absolute Gasteiger partial charge is 0.382 e. The van der Waals surface area contributed by atoms with E-state index in [9.17, 15) is 4.79 Å². The van der Waals surface area contributed by atoms with Crippen molar-refractivity contribution in [3.8, 4) is 0 Å². The number of nitrogens with one attached hydrogen (secondary N) is 5. The van der Waals surface area contributed by atoms with Gasteiger partial charge in [-0.2, -0.15) is 0 Å². The quantitative estimate of drug-likeness (QED) is 0.128. The molecule has 174 valence electrons. The Morgan fingerprint density at radius 3 is 1.84 bits per heavy atom. The SMILES string of the molecule is CC(=N)NCCCCCCCCCCCCNC(=N)NC(=O)c1nc(Cl)c(N)nc1N. The lowest BCUT2D eigenvalue weighted by Gasteiger charge is -2.10. The summed E-state index contributed by atoms with van der Waals surface area (Å²) in [5, 5.41) is 23.2. The number of rotatable bonds is 14. The van der Waals surface area contributed by atoms with Gasteiger partial charge in [-0.15, -0.1) is 0 Å². The third-order valence-corrected chi connectivity index (χ3v) is 4.93. The van der Waals surface area contributed by atoms with Crippen molar-refractivity contribution >= 4 is 40.9 Å². The van der Waals surface area contributed by atoms with E-state index in [4.69, 9.17) is 33.9 Å². The predicted molar refractivity (Wildman–Crippen MR) is 127 cm³/mol. The number of halogens is 1. The summed E-state index contributed by atoms with van der Waals surface area (Å²) in [6, 6.07) is 0. The van der Waals surface area contributed by atoms with Crippen molar-refractivity contribution in [1.29, 1.82) is 10.8 Å². The summed E-state index contributed by atoms with van der Waals surface area (Å²) in [7, 11) is 0. The van der Waals surface area contributed by atoms with Crippen LogP contribution in [0.4, 0.5) is 11.6 Å². The van der Waals surface area contributed by atoms with Crippen LogP contribution >= 0.6 is 11.6 Å². The topological polar surface area (TPSA) is 179 Å². The summed E-state index contributed by atoms with van der Waals surface area (Å²) in [6.45, 7) is 3.28. The smallest absolute Gasteiger partial charge is 0.280 e. The molecule has 1 aromatic rings. The van der Waals surface area contributed by atoms with Gasteiger partial charge < -0.3 is 22.1 Å². The first-order valence-electron chi connectivity index (χ1n) is 10.8. The van der Waals surface area contributed by atoms with Crippen LogP contribution in [0.15, 0.2) is 0 Å². The molecular formula is C20H36ClN9O. The lowest BCUT2D eigenvalue weighted by molar-refractivity contribution is 0.0971. The number of nitrogens with two attached hydrogens (primary N) is 2. The fourth-order valence-electron chi connectivity index (χ4n) is 2.98. The molecule has 0 aliphatic heterocycles. The van der Waals surface area contributed by atoms with Gasteiger partial charge in [-0.05, 0) is 19.8 Å². The van der Waals surface area contributed by atoms with E-state index in [2.05, 4.69) is 25.9 Å². The summed E-state index contributed by atoms with van der Waals surface area (Å²) in [4.78, 5) is 19.7. The van der Waals surface area contributed by atoms with Gasteiger partial charge >= 0.3 is 0 Å². The zero-order valence-electron chi connectivity index (χ0n) is 18.3. The summed E-state index contributed by atoms with van der Waals surface area (Å²) < 4.78 is 0. The molecular weight excluding hydrogens is 418 g/mol. The molecule has 0 aliphatic rings. The Kier molecular flexibility index (Phi) is 13.0. The molecule has 0 radical (unpaired) electrons. The molecule has 10 nitrogen and oxygen atoms in total. The normalized spacial score (nSPS) is 10.5. The molecule has 0 spiro atoms. The van der Waals surface area contributed by atoms with Crippen molar-refractivity contribution in [2.75, 3.05) is 24.6 Å². The van der Waals surface area contributed by atoms with Crippen molar-refractivity contribution in [3.63, 3.8) is 0 Å². The van der Waals surface area contributed by atoms with E-state index in [1.807, 2.05) is 0 Å². The minimum absolute atomic E-state index is 0.0494. The van der Waals surface area contributed by atoms with Crippen LogP contribution in [0.25, 0.3) is 0 Å². The van der Waals surface area contributed by atoms with Gasteiger partial charge in [0.2, 0.25) is 0 Å². The van der Waals surface area contributed by atoms with Gasteiger partial charge in [-0.3, -0.25) is 20.9 Å². The number of carbonyl (C=O) groups excluding carboxylic acids is 1. The van der Waals surface area contributed by atoms with E-state index in [0.717, 1.165) is 25.8 Å². The maximum atomic E-state index is 12.1. The fourth-order valence-corrected chi connectivity index (χ4v) is 3.11. The standard InChI is InChI=1S/C20H36ClN9O/c1-14(22)26-12-10-8-6-4-2-3-5-7-9-11-13-27-20(25)30-19(31)15-17(23)29-18(24)16(21)28-15/h2-13H2,1H3,(H2,22,26)(H4,23,24,29)(H3,25,27,30,31). The Morgan fingerprint density at radius 2 is 1.32 bits per heavy atom. The number of amidine groups is 1. The second-order valence-electron chi connectivity index (χ2n) is 7.48. The number of guanidine groups is 1. The number of nitrogen functional groups attached to an aromatic ring is 2. The zero-order chi connectivity index (χ0) is 23.1. The van der Waals surface area contributed by atoms with Crippen LogP contribution in [0.3, 0.4) is 0 Å². The van der Waals surface area contributed by atoms with E-state index in [0.29, 0.717) is 12.4 Å². The van der Waals surface area contributed by atoms with Gasteiger partial charge in [0, 0.05) is 13.1 Å². The highest BCUT2D eigenvalue weighted by Gasteiger charge is 2.16. The Hall–Kier alpha value is -2.62. The van der Waals surface area contributed by atoms with E-state index in [-0.39, 0.29) is 28.4 Å². The maximum Gasteiger partial charge on any atom is 0.280 e. The highest BCUT2D eigenvalue weighted by Crippen LogP contribution is 2.17. The van der Waals surface area contributed by atoms with Crippen molar-refractivity contribution in [3.05, 3.63) is 10.8 Å². The second kappa shape index (κ2) is 15.2. The lowest BCUT2D eigenvalue weighted by atomic mass is 10.1. The molecule has 0 bridgehead atoms. The van der Waals surface area contributed by atoms with Crippen LogP contribution in [0, 0.1) is 10.8 Å². The molecule has 31 heavy (non-hydrogen) atoms. The summed E-state index contributed by atoms with van der Waals surface area (Å²) in [6.07, 6.45) is 11.8. The van der Waals surface area contributed by atoms with Crippen LogP contribution < -0.4 is 27.4 Å². The van der Waals surface area contributed by atoms with Crippen LogP contribution in [0.2, 0.25) is 5.15 Å². The lowest BCUT2D eigenvalue weighted by Crippen LogP contribution is -2.41. The minimum atomic E-state index is -0.662. The Labute approximate surface area is 189 Å². The Morgan fingerprint density at radius 1 is 0.839 bits per heavy atom. The molecule has 0 aromatic carbocycles. The molecule has 0 fully saturated rings. The average molecular weight is 454 g/mol.